The van der Waals surface area contributed by atoms with Gasteiger partial charge in [0.1, 0.15) is 5.82 Å². The van der Waals surface area contributed by atoms with Crippen molar-refractivity contribution in [3.63, 3.8) is 0 Å². The molecule has 0 bridgehead atoms. The van der Waals surface area contributed by atoms with E-state index in [1.54, 1.807) is 6.07 Å². The smallest absolute Gasteiger partial charge is 0.335 e. The zero-order chi connectivity index (χ0) is 14.0. The number of carbonyl (C=O) groups is 1. The van der Waals surface area contributed by atoms with Crippen molar-refractivity contribution >= 4 is 39.0 Å². The highest BCUT2D eigenvalue weighted by Gasteiger charge is 2.09. The number of carboxylic acid groups (broad SMARTS) is 1. The molecule has 0 aliphatic heterocycles. The van der Waals surface area contributed by atoms with Gasteiger partial charge in [0.25, 0.3) is 0 Å². The third kappa shape index (κ3) is 3.03. The topological polar surface area (TPSA) is 75.4 Å². The number of hydrogen-bond acceptors (Lipinski definition) is 3. The van der Waals surface area contributed by atoms with Crippen LogP contribution in [-0.4, -0.2) is 11.1 Å². The first kappa shape index (κ1) is 13.4. The predicted molar refractivity (Wildman–Crippen MR) is 75.2 cm³/mol. The van der Waals surface area contributed by atoms with Crippen molar-refractivity contribution in [1.29, 1.82) is 0 Å². The number of nitrogens with one attached hydrogen (secondary N) is 1. The van der Waals surface area contributed by atoms with Crippen LogP contribution in [0.5, 0.6) is 0 Å². The molecule has 0 aliphatic carbocycles. The number of carboxylic acids is 1. The summed E-state index contributed by atoms with van der Waals surface area (Å²) in [6.07, 6.45) is 0. The van der Waals surface area contributed by atoms with Crippen LogP contribution in [0, 0.1) is 5.82 Å². The molecule has 2 aromatic rings. The number of halogens is 2. The molecule has 6 heteroatoms. The van der Waals surface area contributed by atoms with Crippen LogP contribution >= 0.6 is 15.9 Å². The van der Waals surface area contributed by atoms with Crippen LogP contribution in [0.15, 0.2) is 40.9 Å². The number of benzene rings is 2. The van der Waals surface area contributed by atoms with Crippen molar-refractivity contribution in [2.24, 2.45) is 0 Å². The van der Waals surface area contributed by atoms with E-state index in [-0.39, 0.29) is 5.56 Å². The third-order valence-electron chi connectivity index (χ3n) is 2.50. The monoisotopic (exact) mass is 324 g/mol. The summed E-state index contributed by atoms with van der Waals surface area (Å²) >= 11 is 3.27. The second-order valence-corrected chi connectivity index (χ2v) is 4.71. The maximum Gasteiger partial charge on any atom is 0.335 e. The Hall–Kier alpha value is -2.08. The summed E-state index contributed by atoms with van der Waals surface area (Å²) in [5.41, 5.74) is 7.11. The summed E-state index contributed by atoms with van der Waals surface area (Å²) in [4.78, 5) is 10.9. The van der Waals surface area contributed by atoms with E-state index < -0.39 is 11.8 Å². The van der Waals surface area contributed by atoms with Crippen molar-refractivity contribution in [3.05, 3.63) is 52.3 Å². The molecule has 2 rings (SSSR count). The quantitative estimate of drug-likeness (QED) is 0.754. The Bertz CT molecular complexity index is 647. The van der Waals surface area contributed by atoms with E-state index in [1.807, 2.05) is 0 Å². The average molecular weight is 325 g/mol. The van der Waals surface area contributed by atoms with Crippen LogP contribution < -0.4 is 11.1 Å². The fourth-order valence-electron chi connectivity index (χ4n) is 1.54. The predicted octanol–water partition coefficient (Wildman–Crippen LogP) is 3.61. The molecule has 4 nitrogen and oxygen atoms in total. The fourth-order valence-corrected chi connectivity index (χ4v) is 1.88. The molecule has 0 saturated carbocycles. The zero-order valence-corrected chi connectivity index (χ0v) is 11.2. The Labute approximate surface area is 117 Å². The maximum atomic E-state index is 13.2. The molecule has 0 aliphatic rings. The number of aromatic carboxylic acids is 1. The Morgan fingerprint density at radius 3 is 2.63 bits per heavy atom. The Kier molecular flexibility index (Phi) is 3.71. The van der Waals surface area contributed by atoms with Crippen molar-refractivity contribution < 1.29 is 14.3 Å². The molecule has 0 unspecified atom stereocenters. The van der Waals surface area contributed by atoms with Crippen molar-refractivity contribution in [1.82, 2.24) is 0 Å². The minimum Gasteiger partial charge on any atom is -0.478 e. The van der Waals surface area contributed by atoms with E-state index in [0.29, 0.717) is 21.5 Å². The van der Waals surface area contributed by atoms with Gasteiger partial charge in [-0.05, 0) is 52.3 Å². The van der Waals surface area contributed by atoms with Gasteiger partial charge in [0.05, 0.1) is 22.6 Å². The molecule has 4 N–H and O–H groups in total. The lowest BCUT2D eigenvalue weighted by Crippen LogP contribution is -2.02. The van der Waals surface area contributed by atoms with E-state index in [4.69, 9.17) is 10.8 Å². The van der Waals surface area contributed by atoms with Crippen molar-refractivity contribution in [2.75, 3.05) is 11.1 Å². The Morgan fingerprint density at radius 2 is 1.95 bits per heavy atom. The number of nitrogen functional groups attached to an aromatic ring is 1. The van der Waals surface area contributed by atoms with Gasteiger partial charge >= 0.3 is 5.97 Å². The maximum absolute atomic E-state index is 13.2. The molecule has 98 valence electrons. The van der Waals surface area contributed by atoms with E-state index in [9.17, 15) is 9.18 Å². The van der Waals surface area contributed by atoms with Gasteiger partial charge in [-0.2, -0.15) is 0 Å². The highest BCUT2D eigenvalue weighted by Crippen LogP contribution is 2.30. The molecular weight excluding hydrogens is 315 g/mol. The molecule has 0 heterocycles. The van der Waals surface area contributed by atoms with Gasteiger partial charge in [0, 0.05) is 4.47 Å². The molecule has 2 aromatic carbocycles. The van der Waals surface area contributed by atoms with Crippen LogP contribution in [-0.2, 0) is 0 Å². The van der Waals surface area contributed by atoms with Gasteiger partial charge in [0.2, 0.25) is 0 Å². The minimum atomic E-state index is -1.05. The van der Waals surface area contributed by atoms with Crippen LogP contribution in [0.3, 0.4) is 0 Å². The summed E-state index contributed by atoms with van der Waals surface area (Å²) in [5.74, 6) is -1.46. The molecule has 0 saturated heterocycles. The van der Waals surface area contributed by atoms with Gasteiger partial charge in [-0.1, -0.05) is 0 Å². The fraction of sp³-hybridized carbons (Fsp3) is 0. The minimum absolute atomic E-state index is 0.101. The van der Waals surface area contributed by atoms with Crippen molar-refractivity contribution in [3.8, 4) is 0 Å². The molecule has 19 heavy (non-hydrogen) atoms. The first-order valence-electron chi connectivity index (χ1n) is 5.32. The lowest BCUT2D eigenvalue weighted by molar-refractivity contribution is 0.0697. The van der Waals surface area contributed by atoms with Crippen LogP contribution in [0.25, 0.3) is 0 Å². The number of anilines is 3. The third-order valence-corrected chi connectivity index (χ3v) is 3.19. The standard InChI is InChI=1S/C13H10BrFN2O2/c14-9-3-2-8(15)6-11(9)17-12-5-7(13(18)19)1-4-10(12)16/h1-6,17H,16H2,(H,18,19). The van der Waals surface area contributed by atoms with E-state index >= 15 is 0 Å². The zero-order valence-electron chi connectivity index (χ0n) is 9.65. The highest BCUT2D eigenvalue weighted by molar-refractivity contribution is 9.10. The van der Waals surface area contributed by atoms with Gasteiger partial charge in [-0.25, -0.2) is 9.18 Å². The van der Waals surface area contributed by atoms with E-state index in [0.717, 1.165) is 0 Å². The van der Waals surface area contributed by atoms with Crippen LogP contribution in [0.1, 0.15) is 10.4 Å². The summed E-state index contributed by atoms with van der Waals surface area (Å²) in [5, 5.41) is 11.8. The largest absolute Gasteiger partial charge is 0.478 e. The first-order chi connectivity index (χ1) is 8.97. The van der Waals surface area contributed by atoms with Gasteiger partial charge in [-0.3, -0.25) is 0 Å². The summed E-state index contributed by atoms with van der Waals surface area (Å²) in [6.45, 7) is 0. The summed E-state index contributed by atoms with van der Waals surface area (Å²) in [6, 6.07) is 8.44. The molecule has 0 spiro atoms. The lowest BCUT2D eigenvalue weighted by Gasteiger charge is -2.11. The van der Waals surface area contributed by atoms with E-state index in [1.165, 1.54) is 30.3 Å². The second kappa shape index (κ2) is 5.27. The van der Waals surface area contributed by atoms with Gasteiger partial charge in [-0.15, -0.1) is 0 Å². The molecular formula is C13H10BrFN2O2. The number of nitrogens with two attached hydrogens (primary N) is 1. The highest BCUT2D eigenvalue weighted by atomic mass is 79.9. The summed E-state index contributed by atoms with van der Waals surface area (Å²) in [7, 11) is 0. The average Bonchev–Trinajstić information content (AvgIpc) is 2.36. The number of rotatable bonds is 3. The lowest BCUT2D eigenvalue weighted by atomic mass is 10.1. The number of hydrogen-bond donors (Lipinski definition) is 3. The van der Waals surface area contributed by atoms with E-state index in [2.05, 4.69) is 21.2 Å². The van der Waals surface area contributed by atoms with Crippen molar-refractivity contribution in [2.45, 2.75) is 0 Å². The van der Waals surface area contributed by atoms with Crippen LogP contribution in [0.2, 0.25) is 0 Å². The van der Waals surface area contributed by atoms with Gasteiger partial charge < -0.3 is 16.2 Å². The van der Waals surface area contributed by atoms with Crippen LogP contribution in [0.4, 0.5) is 21.5 Å². The normalized spacial score (nSPS) is 10.2. The molecule has 0 atom stereocenters. The van der Waals surface area contributed by atoms with Gasteiger partial charge in [0.15, 0.2) is 0 Å². The Morgan fingerprint density at radius 1 is 1.21 bits per heavy atom. The SMILES string of the molecule is Nc1ccc(C(=O)O)cc1Nc1cc(F)ccc1Br. The molecule has 0 fully saturated rings. The molecule has 0 radical (unpaired) electrons. The molecule has 0 amide bonds. The second-order valence-electron chi connectivity index (χ2n) is 3.86. The molecule has 0 aromatic heterocycles. The first-order valence-corrected chi connectivity index (χ1v) is 6.11. The summed E-state index contributed by atoms with van der Waals surface area (Å²) < 4.78 is 13.8. The Balaban J connectivity index is 2.40.